The van der Waals surface area contributed by atoms with E-state index in [4.69, 9.17) is 0 Å². The number of hydrogen-bond donors (Lipinski definition) is 0. The highest BCUT2D eigenvalue weighted by atomic mass is 32.2. The second-order valence-corrected chi connectivity index (χ2v) is 6.91. The zero-order valence-corrected chi connectivity index (χ0v) is 15.3. The summed E-state index contributed by atoms with van der Waals surface area (Å²) >= 11 is 0.134. The number of nitrogens with zero attached hydrogens (tertiary/aromatic N) is 4. The highest BCUT2D eigenvalue weighted by Gasteiger charge is 2.34. The molecule has 2 aliphatic rings. The molecular formula is C18H23FN4OS. The van der Waals surface area contributed by atoms with Crippen molar-refractivity contribution in [3.8, 4) is 0 Å². The van der Waals surface area contributed by atoms with E-state index in [0.29, 0.717) is 23.9 Å². The Morgan fingerprint density at radius 2 is 2.00 bits per heavy atom. The van der Waals surface area contributed by atoms with Gasteiger partial charge in [-0.15, -0.1) is 17.0 Å². The lowest BCUT2D eigenvalue weighted by atomic mass is 9.92. The van der Waals surface area contributed by atoms with Crippen molar-refractivity contribution in [1.29, 1.82) is 0 Å². The molecule has 1 fully saturated rings. The van der Waals surface area contributed by atoms with E-state index < -0.39 is 0 Å². The summed E-state index contributed by atoms with van der Waals surface area (Å²) in [7, 11) is 1.83. The van der Waals surface area contributed by atoms with Crippen LogP contribution >= 0.6 is 12.3 Å². The van der Waals surface area contributed by atoms with E-state index in [1.807, 2.05) is 13.1 Å². The lowest BCUT2D eigenvalue weighted by molar-refractivity contribution is 0.0775. The quantitative estimate of drug-likeness (QED) is 0.743. The van der Waals surface area contributed by atoms with Crippen LogP contribution in [-0.2, 0) is 0 Å². The number of pyridine rings is 1. The number of fused-ring (bicyclic) bond motifs is 3. The maximum atomic E-state index is 13.1. The molecule has 0 bridgehead atoms. The van der Waals surface area contributed by atoms with Crippen molar-refractivity contribution >= 4 is 35.0 Å². The summed E-state index contributed by atoms with van der Waals surface area (Å²) in [5.74, 6) is -0.0119. The molecule has 3 heterocycles. The van der Waals surface area contributed by atoms with E-state index in [0.717, 1.165) is 23.9 Å². The number of hydrogen-bond acceptors (Lipinski definition) is 4. The number of amides is 1. The molecule has 134 valence electrons. The van der Waals surface area contributed by atoms with Gasteiger partial charge in [0.05, 0.1) is 17.9 Å². The Kier molecular flexibility index (Phi) is 5.32. The molecule has 1 saturated carbocycles. The standard InChI is InChI=1S/C16H19FN4OS.C2H4/c1-19-10-20(11-5-3-2-4-6-11)14-12-7-8-21(23-17)15(12)18-9-13(14)16(19)22;1-2/h7-9,11H,2-6,10H2,1H3;1-2H2. The summed E-state index contributed by atoms with van der Waals surface area (Å²) in [6, 6.07) is 2.30. The van der Waals surface area contributed by atoms with Crippen LogP contribution in [0.15, 0.2) is 31.6 Å². The highest BCUT2D eigenvalue weighted by molar-refractivity contribution is 7.92. The predicted octanol–water partition coefficient (Wildman–Crippen LogP) is 4.40. The fraction of sp³-hybridized carbons (Fsp3) is 0.444. The molecule has 1 aliphatic heterocycles. The van der Waals surface area contributed by atoms with Crippen LogP contribution in [0, 0.1) is 0 Å². The first-order valence-electron chi connectivity index (χ1n) is 8.52. The topological polar surface area (TPSA) is 41.4 Å². The van der Waals surface area contributed by atoms with E-state index in [1.54, 1.807) is 17.3 Å². The van der Waals surface area contributed by atoms with Gasteiger partial charge in [0.25, 0.3) is 5.91 Å². The lowest BCUT2D eigenvalue weighted by Crippen LogP contribution is -2.50. The largest absolute Gasteiger partial charge is 0.349 e. The minimum absolute atomic E-state index is 0.0119. The molecule has 1 amide bonds. The van der Waals surface area contributed by atoms with Gasteiger partial charge in [0.2, 0.25) is 0 Å². The van der Waals surface area contributed by atoms with Crippen molar-refractivity contribution in [2.75, 3.05) is 18.6 Å². The average molecular weight is 362 g/mol. The third-order valence-electron chi connectivity index (χ3n) is 4.97. The minimum Gasteiger partial charge on any atom is -0.349 e. The van der Waals surface area contributed by atoms with Gasteiger partial charge in [-0.2, -0.15) is 0 Å². The molecule has 0 saturated heterocycles. The van der Waals surface area contributed by atoms with Crippen molar-refractivity contribution in [1.82, 2.24) is 13.9 Å². The first kappa shape index (κ1) is 17.8. The molecule has 1 aliphatic carbocycles. The van der Waals surface area contributed by atoms with Crippen LogP contribution in [0.4, 0.5) is 9.57 Å². The smallest absolute Gasteiger partial charge is 0.258 e. The normalized spacial score (nSPS) is 18.1. The predicted molar refractivity (Wildman–Crippen MR) is 101 cm³/mol. The maximum Gasteiger partial charge on any atom is 0.258 e. The van der Waals surface area contributed by atoms with Gasteiger partial charge in [-0.1, -0.05) is 19.3 Å². The van der Waals surface area contributed by atoms with Crippen LogP contribution in [0.2, 0.25) is 0 Å². The van der Waals surface area contributed by atoms with Gasteiger partial charge in [0.15, 0.2) is 18.0 Å². The SMILES string of the molecule is C=C.CN1CN(C2CCCCC2)c2c(cnc3c2ccn3SF)C1=O. The Labute approximate surface area is 151 Å². The van der Waals surface area contributed by atoms with Crippen LogP contribution in [0.3, 0.4) is 0 Å². The number of carbonyl (C=O) groups excluding carboxylic acids is 1. The second kappa shape index (κ2) is 7.47. The van der Waals surface area contributed by atoms with E-state index in [-0.39, 0.29) is 18.2 Å². The lowest BCUT2D eigenvalue weighted by Gasteiger charge is -2.42. The molecule has 4 rings (SSSR count). The highest BCUT2D eigenvalue weighted by Crippen LogP contribution is 2.38. The van der Waals surface area contributed by atoms with E-state index >= 15 is 0 Å². The van der Waals surface area contributed by atoms with E-state index in [2.05, 4.69) is 23.0 Å². The molecule has 0 unspecified atom stereocenters. The zero-order chi connectivity index (χ0) is 18.0. The van der Waals surface area contributed by atoms with Gasteiger partial charge in [-0.25, -0.2) is 8.96 Å². The van der Waals surface area contributed by atoms with Crippen molar-refractivity contribution in [2.24, 2.45) is 0 Å². The molecule has 2 aromatic heterocycles. The summed E-state index contributed by atoms with van der Waals surface area (Å²) in [5.41, 5.74) is 2.13. The van der Waals surface area contributed by atoms with Crippen LogP contribution < -0.4 is 4.90 Å². The van der Waals surface area contributed by atoms with Crippen LogP contribution in [-0.4, -0.2) is 39.5 Å². The summed E-state index contributed by atoms with van der Waals surface area (Å²) in [4.78, 5) is 20.9. The Morgan fingerprint density at radius 1 is 1.28 bits per heavy atom. The number of aromatic nitrogens is 2. The Hall–Kier alpha value is -2.02. The van der Waals surface area contributed by atoms with Gasteiger partial charge in [0, 0.05) is 30.9 Å². The van der Waals surface area contributed by atoms with Gasteiger partial charge < -0.3 is 9.80 Å². The number of rotatable bonds is 2. The summed E-state index contributed by atoms with van der Waals surface area (Å²) in [6.45, 7) is 6.59. The third-order valence-corrected chi connectivity index (χ3v) is 5.41. The van der Waals surface area contributed by atoms with Crippen LogP contribution in [0.1, 0.15) is 42.5 Å². The van der Waals surface area contributed by atoms with Crippen molar-refractivity contribution in [2.45, 2.75) is 38.1 Å². The van der Waals surface area contributed by atoms with Gasteiger partial charge in [0.1, 0.15) is 0 Å². The molecule has 0 N–H and O–H groups in total. The fourth-order valence-electron chi connectivity index (χ4n) is 3.83. The van der Waals surface area contributed by atoms with Crippen LogP contribution in [0.25, 0.3) is 11.0 Å². The molecule has 0 radical (unpaired) electrons. The minimum atomic E-state index is -0.0119. The molecule has 5 nitrogen and oxygen atoms in total. The Balaban J connectivity index is 0.000000880. The van der Waals surface area contributed by atoms with E-state index in [1.165, 1.54) is 23.2 Å². The van der Waals surface area contributed by atoms with Crippen molar-refractivity contribution in [3.05, 3.63) is 37.2 Å². The molecular weight excluding hydrogens is 339 g/mol. The molecule has 0 aromatic carbocycles. The molecule has 2 aromatic rings. The second-order valence-electron chi connectivity index (χ2n) is 6.37. The van der Waals surface area contributed by atoms with Crippen molar-refractivity contribution < 1.29 is 8.68 Å². The van der Waals surface area contributed by atoms with Crippen LogP contribution in [0.5, 0.6) is 0 Å². The van der Waals surface area contributed by atoms with Gasteiger partial charge in [-0.3, -0.25) is 4.79 Å². The maximum absolute atomic E-state index is 13.1. The molecule has 0 atom stereocenters. The zero-order valence-electron chi connectivity index (χ0n) is 14.4. The molecule has 0 spiro atoms. The number of halogens is 1. The van der Waals surface area contributed by atoms with Gasteiger partial charge in [-0.05, 0) is 18.9 Å². The Bertz CT molecular complexity index is 772. The average Bonchev–Trinajstić information content (AvgIpc) is 3.10. The van der Waals surface area contributed by atoms with Crippen molar-refractivity contribution in [3.63, 3.8) is 0 Å². The summed E-state index contributed by atoms with van der Waals surface area (Å²) in [6.07, 6.45) is 9.29. The molecule has 7 heteroatoms. The monoisotopic (exact) mass is 362 g/mol. The fourth-order valence-corrected chi connectivity index (χ4v) is 4.15. The summed E-state index contributed by atoms with van der Waals surface area (Å²) in [5, 5.41) is 0.861. The number of anilines is 1. The van der Waals surface area contributed by atoms with Gasteiger partial charge >= 0.3 is 0 Å². The molecule has 25 heavy (non-hydrogen) atoms. The number of carbonyl (C=O) groups is 1. The Morgan fingerprint density at radius 3 is 2.68 bits per heavy atom. The van der Waals surface area contributed by atoms with E-state index in [9.17, 15) is 8.68 Å². The first-order chi connectivity index (χ1) is 12.2. The third kappa shape index (κ3) is 3.01. The summed E-state index contributed by atoms with van der Waals surface area (Å²) < 4.78 is 14.5. The first-order valence-corrected chi connectivity index (χ1v) is 9.19.